The van der Waals surface area contributed by atoms with E-state index in [0.717, 1.165) is 70.6 Å². The highest BCUT2D eigenvalue weighted by Gasteiger charge is 2.47. The van der Waals surface area contributed by atoms with E-state index in [9.17, 15) is 34.8 Å². The molecule has 0 aromatic carbocycles. The van der Waals surface area contributed by atoms with Crippen molar-refractivity contribution in [1.82, 2.24) is 0 Å². The first-order valence-electron chi connectivity index (χ1n) is 24.5. The van der Waals surface area contributed by atoms with Gasteiger partial charge in [-0.25, -0.2) is 4.79 Å². The molecule has 354 valence electrons. The van der Waals surface area contributed by atoms with Crippen LogP contribution in [0.5, 0.6) is 0 Å². The highest BCUT2D eigenvalue weighted by atomic mass is 16.7. The lowest BCUT2D eigenvalue weighted by molar-refractivity contribution is -0.298. The predicted octanol–water partition coefficient (Wildman–Crippen LogP) is 11.2. The lowest BCUT2D eigenvalue weighted by Crippen LogP contribution is -2.60. The van der Waals surface area contributed by atoms with Crippen LogP contribution in [0.1, 0.15) is 213 Å². The molecule has 6 atom stereocenters. The SMILES string of the molecule is CCCCC/C=C\C/C=C\CCCCCCCCCCCC(=O)OCC(COC1OC(C(=O)O)C(O)C(O)C1O)OC(=O)CCCCCCC/C=C\CCCCCCCCC. The van der Waals surface area contributed by atoms with Crippen molar-refractivity contribution in [3.05, 3.63) is 36.5 Å². The van der Waals surface area contributed by atoms with Crippen LogP contribution in [0.2, 0.25) is 0 Å². The molecule has 4 N–H and O–H groups in total. The van der Waals surface area contributed by atoms with E-state index in [1.807, 2.05) is 0 Å². The molecular formula is C50H88O11. The van der Waals surface area contributed by atoms with Gasteiger partial charge in [-0.3, -0.25) is 9.59 Å². The molecule has 6 unspecified atom stereocenters. The maximum Gasteiger partial charge on any atom is 0.335 e. The number of rotatable bonds is 41. The van der Waals surface area contributed by atoms with Gasteiger partial charge in [0, 0.05) is 12.8 Å². The van der Waals surface area contributed by atoms with Crippen LogP contribution in [0.4, 0.5) is 0 Å². The van der Waals surface area contributed by atoms with Crippen LogP contribution in [0, 0.1) is 0 Å². The zero-order chi connectivity index (χ0) is 44.6. The van der Waals surface area contributed by atoms with Gasteiger partial charge in [-0.15, -0.1) is 0 Å². The van der Waals surface area contributed by atoms with Crippen LogP contribution >= 0.6 is 0 Å². The number of aliphatic hydroxyl groups is 3. The van der Waals surface area contributed by atoms with Crippen molar-refractivity contribution in [2.75, 3.05) is 13.2 Å². The van der Waals surface area contributed by atoms with Gasteiger partial charge in [0.15, 0.2) is 18.5 Å². The standard InChI is InChI=1S/C50H88O11/c1-3-5-7-9-11-13-15-17-19-21-22-23-25-26-28-30-32-34-36-38-43(51)58-40-42(41-59-50-47(55)45(53)46(54)48(61-50)49(56)57)60-44(52)39-37-35-33-31-29-27-24-20-18-16-14-12-10-8-6-4-2/h11,13,17,19-20,24,42,45-48,50,53-55H,3-10,12,14-16,18,21-23,25-41H2,1-2H3,(H,56,57)/b13-11-,19-17-,24-20-. The average Bonchev–Trinajstić information content (AvgIpc) is 3.24. The fraction of sp³-hybridized carbons (Fsp3) is 0.820. The summed E-state index contributed by atoms with van der Waals surface area (Å²) in [5.74, 6) is -2.45. The summed E-state index contributed by atoms with van der Waals surface area (Å²) < 4.78 is 21.8. The normalized spacial score (nSPS) is 19.9. The molecule has 0 aromatic rings. The molecule has 61 heavy (non-hydrogen) atoms. The largest absolute Gasteiger partial charge is 0.479 e. The molecule has 0 spiro atoms. The van der Waals surface area contributed by atoms with E-state index in [1.54, 1.807) is 0 Å². The summed E-state index contributed by atoms with van der Waals surface area (Å²) in [7, 11) is 0. The first-order valence-corrected chi connectivity index (χ1v) is 24.5. The third-order valence-electron chi connectivity index (χ3n) is 11.2. The van der Waals surface area contributed by atoms with Crippen molar-refractivity contribution >= 4 is 17.9 Å². The summed E-state index contributed by atoms with van der Waals surface area (Å²) >= 11 is 0. The van der Waals surface area contributed by atoms with Gasteiger partial charge in [0.1, 0.15) is 24.9 Å². The number of carboxylic acids is 1. The fourth-order valence-electron chi connectivity index (χ4n) is 7.32. The van der Waals surface area contributed by atoms with Crippen molar-refractivity contribution in [3.8, 4) is 0 Å². The van der Waals surface area contributed by atoms with E-state index >= 15 is 0 Å². The Balaban J connectivity index is 2.33. The second-order valence-electron chi connectivity index (χ2n) is 16.9. The van der Waals surface area contributed by atoms with Crippen molar-refractivity contribution < 1.29 is 53.8 Å². The second kappa shape index (κ2) is 40.2. The minimum absolute atomic E-state index is 0.173. The van der Waals surface area contributed by atoms with Crippen LogP contribution in [0.25, 0.3) is 0 Å². The number of ether oxygens (including phenoxy) is 4. The van der Waals surface area contributed by atoms with Crippen LogP contribution in [-0.4, -0.2) is 88.4 Å². The Hall–Kier alpha value is -2.57. The van der Waals surface area contributed by atoms with E-state index in [0.29, 0.717) is 12.8 Å². The molecule has 0 aliphatic carbocycles. The van der Waals surface area contributed by atoms with Gasteiger partial charge in [-0.1, -0.05) is 166 Å². The summed E-state index contributed by atoms with van der Waals surface area (Å²) in [6, 6.07) is 0. The molecule has 11 nitrogen and oxygen atoms in total. The Morgan fingerprint density at radius 2 is 0.918 bits per heavy atom. The molecular weight excluding hydrogens is 777 g/mol. The summed E-state index contributed by atoms with van der Waals surface area (Å²) in [5.41, 5.74) is 0. The first kappa shape index (κ1) is 56.4. The number of hydrogen-bond donors (Lipinski definition) is 4. The van der Waals surface area contributed by atoms with Crippen LogP contribution in [0.15, 0.2) is 36.5 Å². The predicted molar refractivity (Wildman–Crippen MR) is 243 cm³/mol. The Bertz CT molecular complexity index is 1150. The van der Waals surface area contributed by atoms with E-state index in [-0.39, 0.29) is 19.4 Å². The molecule has 11 heteroatoms. The number of unbranched alkanes of at least 4 members (excludes halogenated alkanes) is 24. The maximum absolute atomic E-state index is 12.8. The van der Waals surface area contributed by atoms with Gasteiger partial charge in [0.05, 0.1) is 6.61 Å². The van der Waals surface area contributed by atoms with E-state index in [2.05, 4.69) is 50.3 Å². The Morgan fingerprint density at radius 3 is 1.41 bits per heavy atom. The molecule has 1 fully saturated rings. The zero-order valence-corrected chi connectivity index (χ0v) is 38.4. The molecule has 0 radical (unpaired) electrons. The van der Waals surface area contributed by atoms with Crippen molar-refractivity contribution in [1.29, 1.82) is 0 Å². The second-order valence-corrected chi connectivity index (χ2v) is 16.9. The Morgan fingerprint density at radius 1 is 0.508 bits per heavy atom. The Kier molecular flexibility index (Phi) is 37.2. The molecule has 1 aliphatic heterocycles. The van der Waals surface area contributed by atoms with Gasteiger partial charge in [0.25, 0.3) is 0 Å². The van der Waals surface area contributed by atoms with Crippen molar-refractivity contribution in [2.45, 2.75) is 250 Å². The highest BCUT2D eigenvalue weighted by molar-refractivity contribution is 5.73. The number of allylic oxidation sites excluding steroid dienone is 6. The van der Waals surface area contributed by atoms with Crippen molar-refractivity contribution in [2.24, 2.45) is 0 Å². The molecule has 0 aromatic heterocycles. The van der Waals surface area contributed by atoms with Crippen LogP contribution in [-0.2, 0) is 33.3 Å². The topological polar surface area (TPSA) is 169 Å². The molecule has 1 heterocycles. The minimum atomic E-state index is -1.86. The Labute approximate surface area is 370 Å². The first-order chi connectivity index (χ1) is 29.7. The number of esters is 2. The molecule has 0 saturated carbocycles. The van der Waals surface area contributed by atoms with E-state index in [4.69, 9.17) is 18.9 Å². The number of aliphatic carboxylic acids is 1. The molecule has 1 saturated heterocycles. The molecule has 0 amide bonds. The fourth-order valence-corrected chi connectivity index (χ4v) is 7.32. The summed E-state index contributed by atoms with van der Waals surface area (Å²) in [6.07, 6.45) is 37.6. The minimum Gasteiger partial charge on any atom is -0.479 e. The average molecular weight is 865 g/mol. The number of carboxylic acid groups (broad SMARTS) is 1. The van der Waals surface area contributed by atoms with Crippen LogP contribution in [0.3, 0.4) is 0 Å². The van der Waals surface area contributed by atoms with Crippen LogP contribution < -0.4 is 0 Å². The monoisotopic (exact) mass is 865 g/mol. The van der Waals surface area contributed by atoms with Gasteiger partial charge in [-0.05, 0) is 70.6 Å². The third-order valence-corrected chi connectivity index (χ3v) is 11.2. The quantitative estimate of drug-likeness (QED) is 0.0262. The lowest BCUT2D eigenvalue weighted by atomic mass is 9.99. The van der Waals surface area contributed by atoms with E-state index < -0.39 is 61.3 Å². The van der Waals surface area contributed by atoms with Gasteiger partial charge in [-0.2, -0.15) is 0 Å². The molecule has 0 bridgehead atoms. The zero-order valence-electron chi connectivity index (χ0n) is 38.4. The summed E-state index contributed by atoms with van der Waals surface area (Å²) in [6.45, 7) is 3.79. The maximum atomic E-state index is 12.8. The number of hydrogen-bond acceptors (Lipinski definition) is 10. The van der Waals surface area contributed by atoms with Crippen molar-refractivity contribution in [3.63, 3.8) is 0 Å². The third kappa shape index (κ3) is 31.9. The highest BCUT2D eigenvalue weighted by Crippen LogP contribution is 2.23. The lowest BCUT2D eigenvalue weighted by Gasteiger charge is -2.38. The van der Waals surface area contributed by atoms with Gasteiger partial charge >= 0.3 is 17.9 Å². The van der Waals surface area contributed by atoms with Gasteiger partial charge < -0.3 is 39.4 Å². The summed E-state index contributed by atoms with van der Waals surface area (Å²) in [4.78, 5) is 36.9. The molecule has 1 aliphatic rings. The number of carbonyl (C=O) groups is 3. The number of carbonyl (C=O) groups excluding carboxylic acids is 2. The van der Waals surface area contributed by atoms with Gasteiger partial charge in [0.2, 0.25) is 0 Å². The summed E-state index contributed by atoms with van der Waals surface area (Å²) in [5, 5.41) is 39.9. The smallest absolute Gasteiger partial charge is 0.335 e. The van der Waals surface area contributed by atoms with E-state index in [1.165, 1.54) is 103 Å². The number of aliphatic hydroxyl groups excluding tert-OH is 3. The molecule has 1 rings (SSSR count).